The van der Waals surface area contributed by atoms with Crippen molar-refractivity contribution in [2.45, 2.75) is 19.0 Å². The van der Waals surface area contributed by atoms with E-state index in [4.69, 9.17) is 0 Å². The third-order valence-corrected chi connectivity index (χ3v) is 4.52. The molecule has 6 nitrogen and oxygen atoms in total. The Bertz CT molecular complexity index is 870. The number of hydrogen-bond acceptors (Lipinski definition) is 4. The summed E-state index contributed by atoms with van der Waals surface area (Å²) in [7, 11) is 0. The third-order valence-electron chi connectivity index (χ3n) is 4.52. The maximum Gasteiger partial charge on any atom is 0.405 e. The SMILES string of the molecule is O=C(NCC(F)(F)F)C1CCCN(C(=O)c2ncc3ccccc3c2O)C1. The van der Waals surface area contributed by atoms with Gasteiger partial charge in [-0.05, 0) is 12.8 Å². The van der Waals surface area contributed by atoms with E-state index in [2.05, 4.69) is 4.98 Å². The van der Waals surface area contributed by atoms with E-state index in [1.165, 1.54) is 11.1 Å². The van der Waals surface area contributed by atoms with Gasteiger partial charge in [-0.1, -0.05) is 24.3 Å². The zero-order chi connectivity index (χ0) is 19.6. The van der Waals surface area contributed by atoms with Gasteiger partial charge >= 0.3 is 6.18 Å². The average Bonchev–Trinajstić information content (AvgIpc) is 2.65. The first-order valence-electron chi connectivity index (χ1n) is 8.46. The molecule has 3 rings (SSSR count). The molecule has 1 atom stereocenters. The summed E-state index contributed by atoms with van der Waals surface area (Å²) in [5, 5.41) is 13.4. The van der Waals surface area contributed by atoms with Crippen LogP contribution in [0.1, 0.15) is 23.3 Å². The van der Waals surface area contributed by atoms with Gasteiger partial charge in [0.2, 0.25) is 5.91 Å². The quantitative estimate of drug-likeness (QED) is 0.856. The highest BCUT2D eigenvalue weighted by atomic mass is 19.4. The van der Waals surface area contributed by atoms with Crippen molar-refractivity contribution in [3.63, 3.8) is 0 Å². The molecule has 0 spiro atoms. The molecule has 2 aromatic rings. The lowest BCUT2D eigenvalue weighted by Crippen LogP contribution is -2.47. The van der Waals surface area contributed by atoms with Crippen molar-refractivity contribution in [2.75, 3.05) is 19.6 Å². The summed E-state index contributed by atoms with van der Waals surface area (Å²) in [5.41, 5.74) is -0.134. The van der Waals surface area contributed by atoms with E-state index < -0.39 is 30.5 Å². The van der Waals surface area contributed by atoms with Crippen LogP contribution in [0.25, 0.3) is 10.8 Å². The van der Waals surface area contributed by atoms with Crippen LogP contribution in [0.4, 0.5) is 13.2 Å². The van der Waals surface area contributed by atoms with Crippen molar-refractivity contribution in [1.29, 1.82) is 0 Å². The Balaban J connectivity index is 1.73. The zero-order valence-electron chi connectivity index (χ0n) is 14.3. The van der Waals surface area contributed by atoms with Crippen molar-refractivity contribution in [2.24, 2.45) is 5.92 Å². The summed E-state index contributed by atoms with van der Waals surface area (Å²) >= 11 is 0. The molecule has 2 heterocycles. The van der Waals surface area contributed by atoms with Crippen LogP contribution in [-0.4, -0.2) is 52.6 Å². The first kappa shape index (κ1) is 18.9. The van der Waals surface area contributed by atoms with Crippen LogP contribution in [0.5, 0.6) is 5.75 Å². The van der Waals surface area contributed by atoms with Gasteiger partial charge in [0.05, 0.1) is 5.92 Å². The Labute approximate surface area is 153 Å². The van der Waals surface area contributed by atoms with Crippen LogP contribution in [-0.2, 0) is 4.79 Å². The number of nitrogens with zero attached hydrogens (tertiary/aromatic N) is 2. The van der Waals surface area contributed by atoms with Crippen molar-refractivity contribution in [1.82, 2.24) is 15.2 Å². The smallest absolute Gasteiger partial charge is 0.405 e. The highest BCUT2D eigenvalue weighted by molar-refractivity contribution is 6.01. The molecule has 1 aromatic heterocycles. The van der Waals surface area contributed by atoms with E-state index in [9.17, 15) is 27.9 Å². The van der Waals surface area contributed by atoms with Crippen LogP contribution >= 0.6 is 0 Å². The zero-order valence-corrected chi connectivity index (χ0v) is 14.3. The lowest BCUT2D eigenvalue weighted by molar-refractivity contribution is -0.141. The minimum Gasteiger partial charge on any atom is -0.505 e. The van der Waals surface area contributed by atoms with Gasteiger partial charge in [0.15, 0.2) is 11.4 Å². The number of aromatic hydroxyl groups is 1. The van der Waals surface area contributed by atoms with E-state index in [0.29, 0.717) is 30.2 Å². The predicted octanol–water partition coefficient (Wildman–Crippen LogP) is 2.47. The number of rotatable bonds is 3. The molecule has 144 valence electrons. The number of fused-ring (bicyclic) bond motifs is 1. The Hall–Kier alpha value is -2.84. The van der Waals surface area contributed by atoms with Gasteiger partial charge in [-0.25, -0.2) is 4.98 Å². The number of amides is 2. The predicted molar refractivity (Wildman–Crippen MR) is 91.1 cm³/mol. The molecule has 1 aliphatic heterocycles. The standard InChI is InChI=1S/C18H18F3N3O3/c19-18(20,21)10-23-16(26)12-5-3-7-24(9-12)17(27)14-15(25)13-6-2-1-4-11(13)8-22-14/h1-2,4,6,8,12,25H,3,5,7,9-10H2,(H,23,26). The number of aromatic nitrogens is 1. The number of piperidine rings is 1. The van der Waals surface area contributed by atoms with Crippen LogP contribution in [0.3, 0.4) is 0 Å². The summed E-state index contributed by atoms with van der Waals surface area (Å²) in [4.78, 5) is 30.1. The van der Waals surface area contributed by atoms with Crippen LogP contribution < -0.4 is 5.32 Å². The molecule has 2 N–H and O–H groups in total. The third kappa shape index (κ3) is 4.29. The van der Waals surface area contributed by atoms with Gasteiger partial charge in [-0.15, -0.1) is 0 Å². The maximum absolute atomic E-state index is 12.7. The Morgan fingerprint density at radius 2 is 2.04 bits per heavy atom. The molecule has 0 radical (unpaired) electrons. The molecule has 0 bridgehead atoms. The molecule has 27 heavy (non-hydrogen) atoms. The van der Waals surface area contributed by atoms with E-state index in [-0.39, 0.29) is 18.0 Å². The van der Waals surface area contributed by atoms with Gasteiger partial charge < -0.3 is 15.3 Å². The van der Waals surface area contributed by atoms with Crippen LogP contribution in [0.15, 0.2) is 30.5 Å². The molecule has 1 saturated heterocycles. The van der Waals surface area contributed by atoms with Crippen LogP contribution in [0.2, 0.25) is 0 Å². The molecule has 0 aliphatic carbocycles. The molecule has 1 aliphatic rings. The molecule has 1 unspecified atom stereocenters. The number of likely N-dealkylation sites (tertiary alicyclic amines) is 1. The first-order valence-corrected chi connectivity index (χ1v) is 8.46. The summed E-state index contributed by atoms with van der Waals surface area (Å²) in [6.07, 6.45) is -2.14. The van der Waals surface area contributed by atoms with Crippen LogP contribution in [0, 0.1) is 5.92 Å². The number of halogens is 3. The summed E-state index contributed by atoms with van der Waals surface area (Å²) < 4.78 is 36.8. The number of nitrogens with one attached hydrogen (secondary N) is 1. The number of carbonyl (C=O) groups is 2. The minimum atomic E-state index is -4.49. The lowest BCUT2D eigenvalue weighted by atomic mass is 9.96. The number of alkyl halides is 3. The van der Waals surface area contributed by atoms with E-state index in [1.54, 1.807) is 24.3 Å². The van der Waals surface area contributed by atoms with Gasteiger partial charge in [0.1, 0.15) is 6.54 Å². The molecule has 9 heteroatoms. The van der Waals surface area contributed by atoms with Crippen molar-refractivity contribution in [3.05, 3.63) is 36.2 Å². The Morgan fingerprint density at radius 1 is 1.30 bits per heavy atom. The number of hydrogen-bond donors (Lipinski definition) is 2. The van der Waals surface area contributed by atoms with Gasteiger partial charge in [0, 0.05) is 30.1 Å². The summed E-state index contributed by atoms with van der Waals surface area (Å²) in [6, 6.07) is 6.91. The molecule has 1 aromatic carbocycles. The fraction of sp³-hybridized carbons (Fsp3) is 0.389. The van der Waals surface area contributed by atoms with Crippen molar-refractivity contribution < 1.29 is 27.9 Å². The van der Waals surface area contributed by atoms with Gasteiger partial charge in [0.25, 0.3) is 5.91 Å². The van der Waals surface area contributed by atoms with Crippen molar-refractivity contribution >= 4 is 22.6 Å². The van der Waals surface area contributed by atoms with E-state index in [1.807, 2.05) is 5.32 Å². The number of pyridine rings is 1. The van der Waals surface area contributed by atoms with Gasteiger partial charge in [-0.3, -0.25) is 9.59 Å². The Kier molecular flexibility index (Phi) is 5.20. The topological polar surface area (TPSA) is 82.5 Å². The van der Waals surface area contributed by atoms with Crippen molar-refractivity contribution in [3.8, 4) is 5.75 Å². The number of carbonyl (C=O) groups excluding carboxylic acids is 2. The monoisotopic (exact) mass is 381 g/mol. The molecule has 0 saturated carbocycles. The molecular formula is C18H18F3N3O3. The average molecular weight is 381 g/mol. The number of benzene rings is 1. The Morgan fingerprint density at radius 3 is 2.78 bits per heavy atom. The minimum absolute atomic E-state index is 0.0174. The first-order chi connectivity index (χ1) is 12.8. The highest BCUT2D eigenvalue weighted by Crippen LogP contribution is 2.28. The molecule has 2 amide bonds. The van der Waals surface area contributed by atoms with E-state index in [0.717, 1.165) is 0 Å². The van der Waals surface area contributed by atoms with E-state index >= 15 is 0 Å². The second-order valence-electron chi connectivity index (χ2n) is 6.47. The fourth-order valence-electron chi connectivity index (χ4n) is 3.16. The second kappa shape index (κ2) is 7.42. The largest absolute Gasteiger partial charge is 0.505 e. The summed E-state index contributed by atoms with van der Waals surface area (Å²) in [5.74, 6) is -2.26. The fourth-order valence-corrected chi connectivity index (χ4v) is 3.16. The summed E-state index contributed by atoms with van der Waals surface area (Å²) in [6.45, 7) is -1.07. The highest BCUT2D eigenvalue weighted by Gasteiger charge is 2.33. The normalized spacial score (nSPS) is 17.7. The van der Waals surface area contributed by atoms with Gasteiger partial charge in [-0.2, -0.15) is 13.2 Å². The lowest BCUT2D eigenvalue weighted by Gasteiger charge is -2.32. The maximum atomic E-state index is 12.7. The molecule has 1 fully saturated rings. The second-order valence-corrected chi connectivity index (χ2v) is 6.47. The molecular weight excluding hydrogens is 363 g/mol.